The van der Waals surface area contributed by atoms with Gasteiger partial charge in [-0.2, -0.15) is 0 Å². The minimum atomic E-state index is -3.30. The van der Waals surface area contributed by atoms with Crippen LogP contribution in [0, 0.1) is 0 Å². The zero-order valence-electron chi connectivity index (χ0n) is 12.2. The summed E-state index contributed by atoms with van der Waals surface area (Å²) in [5, 5.41) is 1.97. The quantitative estimate of drug-likeness (QED) is 0.851. The second-order valence-electron chi connectivity index (χ2n) is 5.27. The van der Waals surface area contributed by atoms with E-state index in [1.54, 1.807) is 14.1 Å². The number of fused-ring (bicyclic) bond motifs is 1. The highest BCUT2D eigenvalue weighted by molar-refractivity contribution is 7.90. The van der Waals surface area contributed by atoms with Gasteiger partial charge in [-0.05, 0) is 16.3 Å². The Bertz CT molecular complexity index is 746. The normalized spacial score (nSPS) is 11.5. The van der Waals surface area contributed by atoms with Crippen LogP contribution in [0.4, 0.5) is 0 Å². The van der Waals surface area contributed by atoms with Crippen molar-refractivity contribution in [1.29, 1.82) is 0 Å². The highest BCUT2D eigenvalue weighted by Gasteiger charge is 2.16. The maximum absolute atomic E-state index is 12.2. The summed E-state index contributed by atoms with van der Waals surface area (Å²) in [4.78, 5) is 12.9. The summed E-state index contributed by atoms with van der Waals surface area (Å²) in [6.45, 7) is 0. The van der Waals surface area contributed by atoms with Gasteiger partial charge in [-0.1, -0.05) is 42.5 Å². The fourth-order valence-corrected chi connectivity index (χ4v) is 3.55. The van der Waals surface area contributed by atoms with Gasteiger partial charge in [0.1, 0.15) is 0 Å². The Morgan fingerprint density at radius 2 is 1.71 bits per heavy atom. The Kier molecular flexibility index (Phi) is 4.63. The maximum atomic E-state index is 12.2. The first-order chi connectivity index (χ1) is 9.89. The minimum Gasteiger partial charge on any atom is -0.349 e. The van der Waals surface area contributed by atoms with Crippen molar-refractivity contribution >= 4 is 26.5 Å². The molecule has 0 bridgehead atoms. The largest absolute Gasteiger partial charge is 0.349 e. The van der Waals surface area contributed by atoms with E-state index in [1.165, 1.54) is 4.90 Å². The highest BCUT2D eigenvalue weighted by atomic mass is 32.2. The lowest BCUT2D eigenvalue weighted by molar-refractivity contribution is -0.128. The molecule has 0 fully saturated rings. The second-order valence-corrected chi connectivity index (χ2v) is 7.45. The molecule has 0 radical (unpaired) electrons. The molecule has 0 N–H and O–H groups in total. The lowest BCUT2D eigenvalue weighted by atomic mass is 10.1. The van der Waals surface area contributed by atoms with Gasteiger partial charge in [0.05, 0.1) is 11.5 Å². The van der Waals surface area contributed by atoms with Gasteiger partial charge in [-0.25, -0.2) is 8.42 Å². The number of benzene rings is 2. The summed E-state index contributed by atoms with van der Waals surface area (Å²) in [7, 11) is -0.0529. The Hall–Kier alpha value is -1.88. The van der Waals surface area contributed by atoms with Crippen molar-refractivity contribution < 1.29 is 13.2 Å². The molecular formula is C16H19NO3S. The van der Waals surface area contributed by atoms with E-state index in [0.717, 1.165) is 16.3 Å². The number of hydrogen-bond donors (Lipinski definition) is 0. The number of carbonyl (C=O) groups excluding carboxylic acids is 1. The Morgan fingerprint density at radius 3 is 2.43 bits per heavy atom. The highest BCUT2D eigenvalue weighted by Crippen LogP contribution is 2.20. The van der Waals surface area contributed by atoms with Gasteiger partial charge in [0.25, 0.3) is 0 Å². The third kappa shape index (κ3) is 4.04. The van der Waals surface area contributed by atoms with E-state index in [9.17, 15) is 13.2 Å². The summed E-state index contributed by atoms with van der Waals surface area (Å²) < 4.78 is 24.4. The van der Waals surface area contributed by atoms with E-state index in [-0.39, 0.29) is 23.8 Å². The Balaban J connectivity index is 2.17. The summed E-state index contributed by atoms with van der Waals surface area (Å²) >= 11 is 0. The predicted molar refractivity (Wildman–Crippen MR) is 84.7 cm³/mol. The smallest absolute Gasteiger partial charge is 0.223 e. The fraction of sp³-hybridized carbons (Fsp3) is 0.312. The lowest BCUT2D eigenvalue weighted by Crippen LogP contribution is -2.24. The van der Waals surface area contributed by atoms with Gasteiger partial charge in [0, 0.05) is 20.5 Å². The third-order valence-corrected chi connectivity index (χ3v) is 4.96. The third-order valence-electron chi connectivity index (χ3n) is 3.38. The number of hydrogen-bond acceptors (Lipinski definition) is 3. The van der Waals surface area contributed by atoms with Crippen LogP contribution in [0.2, 0.25) is 0 Å². The Morgan fingerprint density at radius 1 is 1.05 bits per heavy atom. The van der Waals surface area contributed by atoms with Crippen molar-refractivity contribution in [2.45, 2.75) is 12.2 Å². The summed E-state index contributed by atoms with van der Waals surface area (Å²) in [5.41, 5.74) is 0.783. The molecule has 2 aromatic carbocycles. The molecule has 2 aromatic rings. The van der Waals surface area contributed by atoms with Crippen LogP contribution in [0.3, 0.4) is 0 Å². The molecule has 0 aliphatic heterocycles. The lowest BCUT2D eigenvalue weighted by Gasteiger charge is -2.11. The molecule has 112 valence electrons. The van der Waals surface area contributed by atoms with Crippen LogP contribution in [0.5, 0.6) is 0 Å². The number of sulfone groups is 1. The van der Waals surface area contributed by atoms with Crippen LogP contribution >= 0.6 is 0 Å². The molecule has 0 unspecified atom stereocenters. The Labute approximate surface area is 125 Å². The molecule has 0 aromatic heterocycles. The predicted octanol–water partition coefficient (Wildman–Crippen LogP) is 2.23. The van der Waals surface area contributed by atoms with Crippen molar-refractivity contribution in [2.24, 2.45) is 0 Å². The van der Waals surface area contributed by atoms with Crippen molar-refractivity contribution in [3.05, 3.63) is 48.0 Å². The zero-order chi connectivity index (χ0) is 15.5. The van der Waals surface area contributed by atoms with Gasteiger partial charge >= 0.3 is 0 Å². The summed E-state index contributed by atoms with van der Waals surface area (Å²) in [6, 6.07) is 13.4. The van der Waals surface area contributed by atoms with E-state index >= 15 is 0 Å². The molecule has 4 nitrogen and oxygen atoms in total. The first-order valence-corrected chi connectivity index (χ1v) is 8.58. The SMILES string of the molecule is CN(C)C(=O)CCS(=O)(=O)Cc1cccc2ccccc12. The van der Waals surface area contributed by atoms with E-state index < -0.39 is 9.84 Å². The van der Waals surface area contributed by atoms with Crippen molar-refractivity contribution in [1.82, 2.24) is 4.90 Å². The molecule has 21 heavy (non-hydrogen) atoms. The van der Waals surface area contributed by atoms with Gasteiger partial charge in [-0.15, -0.1) is 0 Å². The second kappa shape index (κ2) is 6.26. The number of carbonyl (C=O) groups is 1. The number of nitrogens with zero attached hydrogens (tertiary/aromatic N) is 1. The molecule has 0 saturated heterocycles. The topological polar surface area (TPSA) is 54.5 Å². The molecule has 2 rings (SSSR count). The van der Waals surface area contributed by atoms with Crippen LogP contribution in [0.1, 0.15) is 12.0 Å². The van der Waals surface area contributed by atoms with E-state index in [2.05, 4.69) is 0 Å². The van der Waals surface area contributed by atoms with E-state index in [4.69, 9.17) is 0 Å². The summed E-state index contributed by atoms with van der Waals surface area (Å²) in [6.07, 6.45) is 0.0279. The van der Waals surface area contributed by atoms with Crippen LogP contribution in [0.25, 0.3) is 10.8 Å². The van der Waals surface area contributed by atoms with Crippen LogP contribution in [-0.2, 0) is 20.4 Å². The fourth-order valence-electron chi connectivity index (χ4n) is 2.19. The summed E-state index contributed by atoms with van der Waals surface area (Å²) in [5.74, 6) is -0.320. The van der Waals surface area contributed by atoms with Crippen LogP contribution in [-0.4, -0.2) is 39.1 Å². The molecule has 0 spiro atoms. The first-order valence-electron chi connectivity index (χ1n) is 6.76. The molecule has 0 aliphatic carbocycles. The molecule has 0 atom stereocenters. The molecular weight excluding hydrogens is 286 g/mol. The van der Waals surface area contributed by atoms with Gasteiger partial charge in [0.15, 0.2) is 9.84 Å². The van der Waals surface area contributed by atoms with E-state index in [0.29, 0.717) is 0 Å². The molecule has 0 heterocycles. The van der Waals surface area contributed by atoms with E-state index in [1.807, 2.05) is 42.5 Å². The van der Waals surface area contributed by atoms with Crippen LogP contribution < -0.4 is 0 Å². The molecule has 1 amide bonds. The zero-order valence-corrected chi connectivity index (χ0v) is 13.1. The van der Waals surface area contributed by atoms with Gasteiger partial charge in [-0.3, -0.25) is 4.79 Å². The van der Waals surface area contributed by atoms with Crippen molar-refractivity contribution in [3.63, 3.8) is 0 Å². The van der Waals surface area contributed by atoms with Gasteiger partial charge < -0.3 is 4.90 Å². The van der Waals surface area contributed by atoms with Gasteiger partial charge in [0.2, 0.25) is 5.91 Å². The maximum Gasteiger partial charge on any atom is 0.223 e. The molecule has 0 aliphatic rings. The molecule has 5 heteroatoms. The first kappa shape index (κ1) is 15.5. The average Bonchev–Trinajstić information content (AvgIpc) is 2.45. The number of amides is 1. The van der Waals surface area contributed by atoms with Crippen LogP contribution in [0.15, 0.2) is 42.5 Å². The van der Waals surface area contributed by atoms with Crippen molar-refractivity contribution in [2.75, 3.05) is 19.8 Å². The number of rotatable bonds is 5. The molecule has 0 saturated carbocycles. The average molecular weight is 305 g/mol. The van der Waals surface area contributed by atoms with Crippen molar-refractivity contribution in [3.8, 4) is 0 Å². The monoisotopic (exact) mass is 305 g/mol. The standard InChI is InChI=1S/C16H19NO3S/c1-17(2)16(18)10-11-21(19,20)12-14-8-5-7-13-6-3-4-9-15(13)14/h3-9H,10-12H2,1-2H3. The minimum absolute atomic E-state index is 0.0279.